The fraction of sp³-hybridized carbons (Fsp3) is 0.227. The molecule has 1 unspecified atom stereocenters. The molecule has 2 atom stereocenters. The summed E-state index contributed by atoms with van der Waals surface area (Å²) in [6.45, 7) is 3.27. The number of hydrogen-bond acceptors (Lipinski definition) is 2. The molecule has 4 rings (SSSR count). The number of likely N-dealkylation sites (tertiary alicyclic amines) is 1. The lowest BCUT2D eigenvalue weighted by Crippen LogP contribution is -3.09. The van der Waals surface area contributed by atoms with E-state index in [0.29, 0.717) is 11.8 Å². The summed E-state index contributed by atoms with van der Waals surface area (Å²) >= 11 is 0. The minimum atomic E-state index is 0.300. The van der Waals surface area contributed by atoms with Gasteiger partial charge in [-0.25, -0.2) is 0 Å². The van der Waals surface area contributed by atoms with Gasteiger partial charge in [-0.05, 0) is 16.8 Å². The number of hydrogen-bond donors (Lipinski definition) is 2. The number of rotatable bonds is 4. The monoisotopic (exact) mass is 331 g/mol. The number of phenols is 1. The molecule has 3 aromatic carbocycles. The van der Waals surface area contributed by atoms with E-state index in [-0.39, 0.29) is 0 Å². The fourth-order valence-corrected chi connectivity index (χ4v) is 3.68. The highest BCUT2D eigenvalue weighted by Gasteiger charge is 2.25. The SMILES string of the molecule is Oc1ccc2ccccc2c1C=N[C@@H]1CC[NH+](Cc2ccccc2)C1. The zero-order chi connectivity index (χ0) is 17.1. The highest BCUT2D eigenvalue weighted by Crippen LogP contribution is 2.25. The van der Waals surface area contributed by atoms with Gasteiger partial charge in [0, 0.05) is 23.8 Å². The van der Waals surface area contributed by atoms with E-state index in [1.54, 1.807) is 11.0 Å². The maximum Gasteiger partial charge on any atom is 0.124 e. The maximum absolute atomic E-state index is 10.2. The number of aliphatic imine (C=N–C) groups is 1. The summed E-state index contributed by atoms with van der Waals surface area (Å²) in [4.78, 5) is 6.37. The van der Waals surface area contributed by atoms with Gasteiger partial charge in [-0.15, -0.1) is 0 Å². The van der Waals surface area contributed by atoms with Gasteiger partial charge in [0.2, 0.25) is 0 Å². The van der Waals surface area contributed by atoms with Gasteiger partial charge in [0.25, 0.3) is 0 Å². The quantitative estimate of drug-likeness (QED) is 0.709. The molecule has 0 amide bonds. The van der Waals surface area contributed by atoms with Crippen molar-refractivity contribution in [2.75, 3.05) is 13.1 Å². The molecule has 3 nitrogen and oxygen atoms in total. The Morgan fingerprint density at radius 2 is 1.80 bits per heavy atom. The largest absolute Gasteiger partial charge is 0.507 e. The highest BCUT2D eigenvalue weighted by molar-refractivity contribution is 6.02. The van der Waals surface area contributed by atoms with Crippen LogP contribution in [0.5, 0.6) is 5.75 Å². The Bertz CT molecular complexity index is 889. The van der Waals surface area contributed by atoms with Crippen LogP contribution >= 0.6 is 0 Å². The smallest absolute Gasteiger partial charge is 0.124 e. The van der Waals surface area contributed by atoms with Crippen molar-refractivity contribution in [3.63, 3.8) is 0 Å². The molecule has 126 valence electrons. The molecule has 1 aliphatic rings. The Hall–Kier alpha value is -2.65. The van der Waals surface area contributed by atoms with E-state index < -0.39 is 0 Å². The zero-order valence-corrected chi connectivity index (χ0v) is 14.2. The van der Waals surface area contributed by atoms with Crippen molar-refractivity contribution in [1.82, 2.24) is 0 Å². The lowest BCUT2D eigenvalue weighted by atomic mass is 10.0. The fourth-order valence-electron chi connectivity index (χ4n) is 3.68. The third kappa shape index (κ3) is 3.57. The number of nitrogens with zero attached hydrogens (tertiary/aromatic N) is 1. The normalized spacial score (nSPS) is 20.5. The van der Waals surface area contributed by atoms with Crippen LogP contribution in [0, 0.1) is 0 Å². The maximum atomic E-state index is 10.2. The number of fused-ring (bicyclic) bond motifs is 1. The first-order valence-electron chi connectivity index (χ1n) is 8.91. The number of phenolic OH excluding ortho intramolecular Hbond substituents is 1. The van der Waals surface area contributed by atoms with Crippen molar-refractivity contribution >= 4 is 17.0 Å². The molecule has 3 aromatic rings. The second kappa shape index (κ2) is 7.08. The van der Waals surface area contributed by atoms with Crippen molar-refractivity contribution in [2.45, 2.75) is 19.0 Å². The molecule has 0 aromatic heterocycles. The third-order valence-corrected chi connectivity index (χ3v) is 5.01. The van der Waals surface area contributed by atoms with Crippen molar-refractivity contribution in [2.24, 2.45) is 4.99 Å². The van der Waals surface area contributed by atoms with Crippen LogP contribution in [0.25, 0.3) is 10.8 Å². The van der Waals surface area contributed by atoms with Crippen molar-refractivity contribution in [1.29, 1.82) is 0 Å². The van der Waals surface area contributed by atoms with Crippen LogP contribution in [0.2, 0.25) is 0 Å². The van der Waals surface area contributed by atoms with E-state index in [4.69, 9.17) is 4.99 Å². The Morgan fingerprint density at radius 3 is 2.68 bits per heavy atom. The lowest BCUT2D eigenvalue weighted by molar-refractivity contribution is -0.901. The number of aromatic hydroxyl groups is 1. The van der Waals surface area contributed by atoms with E-state index >= 15 is 0 Å². The molecule has 0 aliphatic carbocycles. The topological polar surface area (TPSA) is 37.0 Å². The van der Waals surface area contributed by atoms with Gasteiger partial charge in [-0.1, -0.05) is 60.7 Å². The Labute approximate surface area is 148 Å². The average molecular weight is 331 g/mol. The van der Waals surface area contributed by atoms with Gasteiger partial charge in [0.1, 0.15) is 24.9 Å². The molecule has 1 aliphatic heterocycles. The molecule has 1 saturated heterocycles. The van der Waals surface area contributed by atoms with Gasteiger partial charge in [0.05, 0.1) is 6.54 Å². The molecule has 25 heavy (non-hydrogen) atoms. The summed E-state index contributed by atoms with van der Waals surface area (Å²) in [5, 5.41) is 12.4. The molecule has 1 fully saturated rings. The Balaban J connectivity index is 1.47. The number of nitrogens with one attached hydrogen (secondary N) is 1. The second-order valence-corrected chi connectivity index (χ2v) is 6.81. The highest BCUT2D eigenvalue weighted by atomic mass is 16.3. The molecule has 3 heteroatoms. The van der Waals surface area contributed by atoms with E-state index in [1.165, 1.54) is 5.56 Å². The second-order valence-electron chi connectivity index (χ2n) is 6.81. The summed E-state index contributed by atoms with van der Waals surface area (Å²) in [7, 11) is 0. The van der Waals surface area contributed by atoms with E-state index in [2.05, 4.69) is 36.4 Å². The third-order valence-electron chi connectivity index (χ3n) is 5.01. The van der Waals surface area contributed by atoms with E-state index in [9.17, 15) is 5.11 Å². The first kappa shape index (κ1) is 15.9. The van der Waals surface area contributed by atoms with Crippen LogP contribution in [0.3, 0.4) is 0 Å². The number of quaternary nitrogens is 1. The minimum Gasteiger partial charge on any atom is -0.507 e. The zero-order valence-electron chi connectivity index (χ0n) is 14.2. The molecule has 2 N–H and O–H groups in total. The molecule has 1 heterocycles. The van der Waals surface area contributed by atoms with Gasteiger partial charge in [0.15, 0.2) is 0 Å². The predicted molar refractivity (Wildman–Crippen MR) is 102 cm³/mol. The van der Waals surface area contributed by atoms with E-state index in [1.807, 2.05) is 30.5 Å². The van der Waals surface area contributed by atoms with Crippen LogP contribution in [0.4, 0.5) is 0 Å². The lowest BCUT2D eigenvalue weighted by Gasteiger charge is -2.12. The first-order chi connectivity index (χ1) is 12.3. The van der Waals surface area contributed by atoms with Gasteiger partial charge < -0.3 is 10.0 Å². The van der Waals surface area contributed by atoms with Gasteiger partial charge in [-0.2, -0.15) is 0 Å². The van der Waals surface area contributed by atoms with Gasteiger partial charge in [-0.3, -0.25) is 4.99 Å². The minimum absolute atomic E-state index is 0.300. The standard InChI is InChI=1S/C22H22N2O/c25-22-11-10-18-8-4-5-9-20(18)21(22)14-23-19-12-13-24(16-19)15-17-6-2-1-3-7-17/h1-11,14,19,25H,12-13,15-16H2/p+1/t19-/m1/s1. The summed E-state index contributed by atoms with van der Waals surface area (Å²) in [6, 6.07) is 22.8. The first-order valence-corrected chi connectivity index (χ1v) is 8.91. The van der Waals surface area contributed by atoms with Crippen molar-refractivity contribution in [3.05, 3.63) is 77.9 Å². The average Bonchev–Trinajstić information content (AvgIpc) is 3.09. The van der Waals surface area contributed by atoms with Crippen LogP contribution in [-0.2, 0) is 6.54 Å². The van der Waals surface area contributed by atoms with E-state index in [0.717, 1.165) is 42.4 Å². The predicted octanol–water partition coefficient (Wildman–Crippen LogP) is 2.82. The number of benzene rings is 3. The summed E-state index contributed by atoms with van der Waals surface area (Å²) in [5.74, 6) is 0.300. The summed E-state index contributed by atoms with van der Waals surface area (Å²) < 4.78 is 0. The molecule has 0 bridgehead atoms. The van der Waals surface area contributed by atoms with Crippen molar-refractivity contribution < 1.29 is 10.0 Å². The van der Waals surface area contributed by atoms with Gasteiger partial charge >= 0.3 is 0 Å². The van der Waals surface area contributed by atoms with Crippen molar-refractivity contribution in [3.8, 4) is 5.75 Å². The molecule has 0 saturated carbocycles. The molecular weight excluding hydrogens is 308 g/mol. The van der Waals surface area contributed by atoms with Crippen LogP contribution in [-0.4, -0.2) is 30.5 Å². The van der Waals surface area contributed by atoms with Crippen LogP contribution in [0.1, 0.15) is 17.5 Å². The molecule has 0 radical (unpaired) electrons. The van der Waals surface area contributed by atoms with Crippen LogP contribution in [0.15, 0.2) is 71.7 Å². The molecular formula is C22H23N2O+. The summed E-state index contributed by atoms with van der Waals surface area (Å²) in [5.41, 5.74) is 2.21. The molecule has 0 spiro atoms. The Morgan fingerprint density at radius 1 is 1.00 bits per heavy atom. The Kier molecular flexibility index (Phi) is 4.49. The summed E-state index contributed by atoms with van der Waals surface area (Å²) in [6.07, 6.45) is 2.97. The van der Waals surface area contributed by atoms with Crippen LogP contribution < -0.4 is 4.90 Å².